The van der Waals surface area contributed by atoms with Gasteiger partial charge in [0.25, 0.3) is 0 Å². The van der Waals surface area contributed by atoms with Crippen molar-refractivity contribution in [3.63, 3.8) is 0 Å². The van der Waals surface area contributed by atoms with Crippen LogP contribution in [0.5, 0.6) is 0 Å². The van der Waals surface area contributed by atoms with Gasteiger partial charge in [0.1, 0.15) is 11.6 Å². The highest BCUT2D eigenvalue weighted by molar-refractivity contribution is 5.47. The van der Waals surface area contributed by atoms with Crippen molar-refractivity contribution in [3.8, 4) is 0 Å². The van der Waals surface area contributed by atoms with Gasteiger partial charge in [0, 0.05) is 17.8 Å². The second-order valence-electron chi connectivity index (χ2n) is 4.47. The van der Waals surface area contributed by atoms with E-state index in [0.29, 0.717) is 0 Å². The Morgan fingerprint density at radius 1 is 1.16 bits per heavy atom. The summed E-state index contributed by atoms with van der Waals surface area (Å²) < 4.78 is 26.9. The molecule has 2 aromatic rings. The van der Waals surface area contributed by atoms with E-state index in [9.17, 15) is 8.78 Å². The van der Waals surface area contributed by atoms with E-state index >= 15 is 0 Å². The minimum atomic E-state index is -0.471. The molecule has 0 aliphatic heterocycles. The summed E-state index contributed by atoms with van der Waals surface area (Å²) in [5.74, 6) is -0.933. The average Bonchev–Trinajstić information content (AvgIpc) is 2.39. The van der Waals surface area contributed by atoms with Gasteiger partial charge in [0.05, 0.1) is 6.04 Å². The summed E-state index contributed by atoms with van der Waals surface area (Å²) >= 11 is 0. The van der Waals surface area contributed by atoms with Gasteiger partial charge in [-0.15, -0.1) is 0 Å². The minimum absolute atomic E-state index is 0.175. The fraction of sp³-hybridized carbons (Fsp3) is 0.200. The maximum absolute atomic E-state index is 13.7. The van der Waals surface area contributed by atoms with Crippen molar-refractivity contribution < 1.29 is 8.78 Å². The minimum Gasteiger partial charge on any atom is -0.377 e. The van der Waals surface area contributed by atoms with Crippen LogP contribution in [0.25, 0.3) is 0 Å². The van der Waals surface area contributed by atoms with E-state index in [1.54, 1.807) is 0 Å². The molecule has 4 heteroatoms. The van der Waals surface area contributed by atoms with E-state index in [1.807, 2.05) is 31.2 Å². The van der Waals surface area contributed by atoms with Crippen LogP contribution in [0.2, 0.25) is 0 Å². The number of nitrogens with two attached hydrogens (primary N) is 1. The molecule has 0 aromatic heterocycles. The number of hydrogen-bond donors (Lipinski definition) is 2. The molecule has 2 rings (SSSR count). The lowest BCUT2D eigenvalue weighted by Gasteiger charge is -2.19. The standard InChI is InChI=1S/C15H16F2N2/c1-10-3-2-4-12(7-10)19-15(9-18)13-8-11(16)5-6-14(13)17/h2-8,15,19H,9,18H2,1H3. The molecule has 0 amide bonds. The van der Waals surface area contributed by atoms with E-state index in [-0.39, 0.29) is 12.1 Å². The molecule has 19 heavy (non-hydrogen) atoms. The summed E-state index contributed by atoms with van der Waals surface area (Å²) in [4.78, 5) is 0. The SMILES string of the molecule is Cc1cccc(NC(CN)c2cc(F)ccc2F)c1. The molecule has 3 N–H and O–H groups in total. The Labute approximate surface area is 111 Å². The number of hydrogen-bond acceptors (Lipinski definition) is 2. The van der Waals surface area contributed by atoms with Crippen LogP contribution in [-0.4, -0.2) is 6.54 Å². The lowest BCUT2D eigenvalue weighted by Crippen LogP contribution is -2.22. The van der Waals surface area contributed by atoms with Crippen LogP contribution in [0.4, 0.5) is 14.5 Å². The molecule has 0 aliphatic rings. The normalized spacial score (nSPS) is 12.2. The highest BCUT2D eigenvalue weighted by Crippen LogP contribution is 2.22. The van der Waals surface area contributed by atoms with Crippen LogP contribution in [0.1, 0.15) is 17.2 Å². The summed E-state index contributed by atoms with van der Waals surface area (Å²) in [6.45, 7) is 2.14. The average molecular weight is 262 g/mol. The van der Waals surface area contributed by atoms with E-state index in [1.165, 1.54) is 6.07 Å². The third kappa shape index (κ3) is 3.29. The highest BCUT2D eigenvalue weighted by atomic mass is 19.1. The molecule has 0 radical (unpaired) electrons. The Balaban J connectivity index is 2.27. The Morgan fingerprint density at radius 2 is 1.95 bits per heavy atom. The number of halogens is 2. The Hall–Kier alpha value is -1.94. The maximum Gasteiger partial charge on any atom is 0.128 e. The van der Waals surface area contributed by atoms with Crippen molar-refractivity contribution in [2.75, 3.05) is 11.9 Å². The van der Waals surface area contributed by atoms with Crippen molar-refractivity contribution in [1.29, 1.82) is 0 Å². The van der Waals surface area contributed by atoms with Gasteiger partial charge in [0.2, 0.25) is 0 Å². The van der Waals surface area contributed by atoms with Crippen molar-refractivity contribution in [2.24, 2.45) is 5.73 Å². The highest BCUT2D eigenvalue weighted by Gasteiger charge is 2.15. The van der Waals surface area contributed by atoms with Crippen LogP contribution in [-0.2, 0) is 0 Å². The molecule has 1 atom stereocenters. The summed E-state index contributed by atoms with van der Waals surface area (Å²) in [5.41, 5.74) is 7.81. The molecular weight excluding hydrogens is 246 g/mol. The first kappa shape index (κ1) is 13.5. The summed E-state index contributed by atoms with van der Waals surface area (Å²) in [6, 6.07) is 10.6. The van der Waals surface area contributed by atoms with Gasteiger partial charge in [-0.05, 0) is 42.8 Å². The third-order valence-electron chi connectivity index (χ3n) is 2.93. The molecule has 0 saturated carbocycles. The number of anilines is 1. The van der Waals surface area contributed by atoms with Gasteiger partial charge in [0.15, 0.2) is 0 Å². The van der Waals surface area contributed by atoms with Crippen LogP contribution < -0.4 is 11.1 Å². The van der Waals surface area contributed by atoms with Crippen LogP contribution in [0.3, 0.4) is 0 Å². The second-order valence-corrected chi connectivity index (χ2v) is 4.47. The lowest BCUT2D eigenvalue weighted by atomic mass is 10.1. The first-order valence-electron chi connectivity index (χ1n) is 6.08. The zero-order valence-corrected chi connectivity index (χ0v) is 10.7. The molecule has 2 nitrogen and oxygen atoms in total. The smallest absolute Gasteiger partial charge is 0.128 e. The van der Waals surface area contributed by atoms with Gasteiger partial charge >= 0.3 is 0 Å². The molecule has 0 spiro atoms. The molecule has 1 unspecified atom stereocenters. The zero-order chi connectivity index (χ0) is 13.8. The summed E-state index contributed by atoms with van der Waals surface area (Å²) in [6.07, 6.45) is 0. The zero-order valence-electron chi connectivity index (χ0n) is 10.7. The summed E-state index contributed by atoms with van der Waals surface area (Å²) in [7, 11) is 0. The third-order valence-corrected chi connectivity index (χ3v) is 2.93. The number of nitrogens with one attached hydrogen (secondary N) is 1. The van der Waals surface area contributed by atoms with Gasteiger partial charge in [-0.2, -0.15) is 0 Å². The van der Waals surface area contributed by atoms with Crippen LogP contribution in [0, 0.1) is 18.6 Å². The Bertz CT molecular complexity index is 570. The maximum atomic E-state index is 13.7. The number of aryl methyl sites for hydroxylation is 1. The molecule has 0 saturated heterocycles. The molecule has 2 aromatic carbocycles. The second kappa shape index (κ2) is 5.80. The van der Waals surface area contributed by atoms with Crippen molar-refractivity contribution in [2.45, 2.75) is 13.0 Å². The fourth-order valence-corrected chi connectivity index (χ4v) is 1.98. The van der Waals surface area contributed by atoms with Crippen LogP contribution in [0.15, 0.2) is 42.5 Å². The van der Waals surface area contributed by atoms with Crippen molar-refractivity contribution in [1.82, 2.24) is 0 Å². The predicted molar refractivity (Wildman–Crippen MR) is 73.0 cm³/mol. The Kier molecular flexibility index (Phi) is 4.12. The van der Waals surface area contributed by atoms with E-state index in [0.717, 1.165) is 23.4 Å². The first-order valence-corrected chi connectivity index (χ1v) is 6.08. The van der Waals surface area contributed by atoms with Gasteiger partial charge < -0.3 is 11.1 Å². The van der Waals surface area contributed by atoms with Gasteiger partial charge in [-0.25, -0.2) is 8.78 Å². The number of benzene rings is 2. The van der Waals surface area contributed by atoms with Gasteiger partial charge in [-0.1, -0.05) is 12.1 Å². The predicted octanol–water partition coefficient (Wildman–Crippen LogP) is 3.39. The van der Waals surface area contributed by atoms with Gasteiger partial charge in [-0.3, -0.25) is 0 Å². The first-order chi connectivity index (χ1) is 9.10. The summed E-state index contributed by atoms with van der Waals surface area (Å²) in [5, 5.41) is 3.12. The molecule has 100 valence electrons. The fourth-order valence-electron chi connectivity index (χ4n) is 1.98. The molecule has 0 fully saturated rings. The van der Waals surface area contributed by atoms with Crippen molar-refractivity contribution in [3.05, 3.63) is 65.2 Å². The quantitative estimate of drug-likeness (QED) is 0.886. The monoisotopic (exact) mass is 262 g/mol. The van der Waals surface area contributed by atoms with E-state index < -0.39 is 17.7 Å². The van der Waals surface area contributed by atoms with Crippen LogP contribution >= 0.6 is 0 Å². The van der Waals surface area contributed by atoms with E-state index in [4.69, 9.17) is 5.73 Å². The Morgan fingerprint density at radius 3 is 2.63 bits per heavy atom. The molecule has 0 aliphatic carbocycles. The lowest BCUT2D eigenvalue weighted by molar-refractivity contribution is 0.572. The van der Waals surface area contributed by atoms with Crippen molar-refractivity contribution >= 4 is 5.69 Å². The molecule has 0 heterocycles. The number of rotatable bonds is 4. The van der Waals surface area contributed by atoms with E-state index in [2.05, 4.69) is 5.32 Å². The topological polar surface area (TPSA) is 38.0 Å². The molecule has 0 bridgehead atoms. The molecular formula is C15H16F2N2. The largest absolute Gasteiger partial charge is 0.377 e.